The zero-order chi connectivity index (χ0) is 20.8. The molecule has 3 heteroatoms. The first-order valence-corrected chi connectivity index (χ1v) is 10.7. The molecule has 4 rings (SSSR count). The van der Waals surface area contributed by atoms with Crippen molar-refractivity contribution in [2.24, 2.45) is 0 Å². The van der Waals surface area contributed by atoms with Crippen LogP contribution in [0.25, 0.3) is 0 Å². The van der Waals surface area contributed by atoms with E-state index in [9.17, 15) is 5.26 Å². The topological polar surface area (TPSA) is 36.3 Å². The molecule has 3 aromatic carbocycles. The molecule has 0 radical (unpaired) electrons. The van der Waals surface area contributed by atoms with Gasteiger partial charge in [-0.25, -0.2) is 0 Å². The Bertz CT molecular complexity index is 991. The maximum Gasteiger partial charge on any atom is 0.0774 e. The molecule has 1 aliphatic rings. The van der Waals surface area contributed by atoms with Crippen LogP contribution in [0, 0.1) is 18.3 Å². The van der Waals surface area contributed by atoms with Crippen molar-refractivity contribution in [3.63, 3.8) is 0 Å². The van der Waals surface area contributed by atoms with Gasteiger partial charge in [0.1, 0.15) is 0 Å². The van der Waals surface area contributed by atoms with E-state index in [-0.39, 0.29) is 12.1 Å². The van der Waals surface area contributed by atoms with Gasteiger partial charge in [-0.3, -0.25) is 0 Å². The van der Waals surface area contributed by atoms with Crippen molar-refractivity contribution in [2.75, 3.05) is 11.4 Å². The lowest BCUT2D eigenvalue weighted by atomic mass is 10.0. The molecule has 3 nitrogen and oxygen atoms in total. The Balaban J connectivity index is 1.42. The Morgan fingerprint density at radius 2 is 1.67 bits per heavy atom. The zero-order valence-corrected chi connectivity index (χ0v) is 17.5. The summed E-state index contributed by atoms with van der Waals surface area (Å²) in [4.78, 5) is 2.34. The highest BCUT2D eigenvalue weighted by Crippen LogP contribution is 2.30. The molecule has 1 fully saturated rings. The Labute approximate surface area is 179 Å². The van der Waals surface area contributed by atoms with Crippen molar-refractivity contribution < 1.29 is 4.74 Å². The second-order valence-corrected chi connectivity index (χ2v) is 8.09. The van der Waals surface area contributed by atoms with E-state index in [1.807, 2.05) is 18.2 Å². The van der Waals surface area contributed by atoms with Crippen LogP contribution < -0.4 is 4.90 Å². The fraction of sp³-hybridized carbons (Fsp3) is 0.296. The van der Waals surface area contributed by atoms with Gasteiger partial charge in [0.25, 0.3) is 0 Å². The maximum absolute atomic E-state index is 9.30. The molecule has 1 saturated heterocycles. The van der Waals surface area contributed by atoms with Crippen molar-refractivity contribution in [3.05, 3.63) is 101 Å². The summed E-state index contributed by atoms with van der Waals surface area (Å²) in [5.41, 5.74) is 6.36. The third-order valence-electron chi connectivity index (χ3n) is 5.96. The number of ether oxygens (including phenoxy) is 1. The molecule has 0 N–H and O–H groups in total. The summed E-state index contributed by atoms with van der Waals surface area (Å²) in [6.07, 6.45) is 2.51. The molecule has 0 saturated carbocycles. The Morgan fingerprint density at radius 3 is 2.40 bits per heavy atom. The lowest BCUT2D eigenvalue weighted by molar-refractivity contribution is 0.0534. The minimum absolute atomic E-state index is 0.148. The second kappa shape index (κ2) is 9.61. The number of hydrogen-bond donors (Lipinski definition) is 0. The molecule has 0 aromatic heterocycles. The normalized spacial score (nSPS) is 18.3. The first-order chi connectivity index (χ1) is 14.7. The average molecular weight is 397 g/mol. The van der Waals surface area contributed by atoms with Gasteiger partial charge in [0, 0.05) is 18.3 Å². The molecule has 30 heavy (non-hydrogen) atoms. The van der Waals surface area contributed by atoms with Crippen LogP contribution in [-0.4, -0.2) is 18.7 Å². The summed E-state index contributed by atoms with van der Waals surface area (Å²) >= 11 is 0. The van der Waals surface area contributed by atoms with E-state index in [0.717, 1.165) is 19.4 Å². The summed E-state index contributed by atoms with van der Waals surface area (Å²) in [6.45, 7) is 3.61. The SMILES string of the molecule is Cc1ccccc1Cc1ccc(N2C[C@H](OCc3ccccc3)C[C@H]2CC#N)cc1. The van der Waals surface area contributed by atoms with E-state index in [4.69, 9.17) is 4.74 Å². The quantitative estimate of drug-likeness (QED) is 0.517. The number of nitriles is 1. The molecule has 0 unspecified atom stereocenters. The van der Waals surface area contributed by atoms with Gasteiger partial charge in [-0.2, -0.15) is 5.26 Å². The molecule has 3 aromatic rings. The van der Waals surface area contributed by atoms with E-state index >= 15 is 0 Å². The minimum atomic E-state index is 0.148. The monoisotopic (exact) mass is 396 g/mol. The highest BCUT2D eigenvalue weighted by Gasteiger charge is 2.32. The lowest BCUT2D eigenvalue weighted by Crippen LogP contribution is -2.29. The number of aryl methyl sites for hydroxylation is 1. The molecule has 2 atom stereocenters. The molecule has 1 aliphatic heterocycles. The highest BCUT2D eigenvalue weighted by atomic mass is 16.5. The van der Waals surface area contributed by atoms with Gasteiger partial charge >= 0.3 is 0 Å². The Hall–Kier alpha value is -3.09. The highest BCUT2D eigenvalue weighted by molar-refractivity contribution is 5.51. The standard InChI is InChI=1S/C27H28N2O/c1-21-7-5-6-10-24(21)17-22-11-13-25(14-12-22)29-19-27(18-26(29)15-16-28)30-20-23-8-3-2-4-9-23/h2-14,26-27H,15,17-20H2,1H3/t26-,27-/m1/s1. The number of benzene rings is 3. The summed E-state index contributed by atoms with van der Waals surface area (Å²) < 4.78 is 6.18. The zero-order valence-electron chi connectivity index (χ0n) is 17.5. The fourth-order valence-electron chi connectivity index (χ4n) is 4.23. The van der Waals surface area contributed by atoms with Crippen molar-refractivity contribution in [1.82, 2.24) is 0 Å². The largest absolute Gasteiger partial charge is 0.372 e. The van der Waals surface area contributed by atoms with E-state index in [2.05, 4.69) is 78.6 Å². The first-order valence-electron chi connectivity index (χ1n) is 10.7. The smallest absolute Gasteiger partial charge is 0.0774 e. The summed E-state index contributed by atoms with van der Waals surface area (Å²) in [6, 6.07) is 30.2. The molecule has 0 aliphatic carbocycles. The number of nitrogens with zero attached hydrogens (tertiary/aromatic N) is 2. The van der Waals surface area contributed by atoms with E-state index in [1.54, 1.807) is 0 Å². The van der Waals surface area contributed by atoms with Crippen LogP contribution in [-0.2, 0) is 17.8 Å². The van der Waals surface area contributed by atoms with E-state index in [1.165, 1.54) is 27.9 Å². The molecular formula is C27H28N2O. The number of anilines is 1. The molecule has 0 bridgehead atoms. The van der Waals surface area contributed by atoms with Crippen LogP contribution in [0.15, 0.2) is 78.9 Å². The second-order valence-electron chi connectivity index (χ2n) is 8.09. The van der Waals surface area contributed by atoms with Gasteiger partial charge in [-0.1, -0.05) is 66.7 Å². The van der Waals surface area contributed by atoms with Gasteiger partial charge in [0.15, 0.2) is 0 Å². The Morgan fingerprint density at radius 1 is 0.933 bits per heavy atom. The average Bonchev–Trinajstić information content (AvgIpc) is 3.18. The van der Waals surface area contributed by atoms with Crippen LogP contribution in [0.3, 0.4) is 0 Å². The predicted octanol–water partition coefficient (Wildman–Crippen LogP) is 5.66. The minimum Gasteiger partial charge on any atom is -0.372 e. The summed E-state index contributed by atoms with van der Waals surface area (Å²) in [5.74, 6) is 0. The molecule has 0 spiro atoms. The van der Waals surface area contributed by atoms with Crippen LogP contribution in [0.1, 0.15) is 35.1 Å². The van der Waals surface area contributed by atoms with Gasteiger partial charge in [0.2, 0.25) is 0 Å². The van der Waals surface area contributed by atoms with Gasteiger partial charge in [0.05, 0.1) is 25.2 Å². The van der Waals surface area contributed by atoms with Crippen molar-refractivity contribution in [1.29, 1.82) is 5.26 Å². The van der Waals surface area contributed by atoms with Crippen LogP contribution in [0.5, 0.6) is 0 Å². The summed E-state index contributed by atoms with van der Waals surface area (Å²) in [5, 5.41) is 9.30. The van der Waals surface area contributed by atoms with Crippen molar-refractivity contribution in [2.45, 2.75) is 44.9 Å². The van der Waals surface area contributed by atoms with E-state index < -0.39 is 0 Å². The molecule has 0 amide bonds. The van der Waals surface area contributed by atoms with Gasteiger partial charge < -0.3 is 9.64 Å². The number of hydrogen-bond acceptors (Lipinski definition) is 3. The van der Waals surface area contributed by atoms with Crippen LogP contribution in [0.2, 0.25) is 0 Å². The maximum atomic E-state index is 9.30. The van der Waals surface area contributed by atoms with Crippen LogP contribution >= 0.6 is 0 Å². The Kier molecular flexibility index (Phi) is 6.47. The summed E-state index contributed by atoms with van der Waals surface area (Å²) in [7, 11) is 0. The van der Waals surface area contributed by atoms with Crippen LogP contribution in [0.4, 0.5) is 5.69 Å². The number of rotatable bonds is 7. The molecule has 1 heterocycles. The fourth-order valence-corrected chi connectivity index (χ4v) is 4.23. The van der Waals surface area contributed by atoms with E-state index in [0.29, 0.717) is 13.0 Å². The van der Waals surface area contributed by atoms with Gasteiger partial charge in [-0.05, 0) is 54.2 Å². The predicted molar refractivity (Wildman–Crippen MR) is 121 cm³/mol. The van der Waals surface area contributed by atoms with Crippen molar-refractivity contribution >= 4 is 5.69 Å². The third kappa shape index (κ3) is 4.90. The van der Waals surface area contributed by atoms with Gasteiger partial charge in [-0.15, -0.1) is 0 Å². The lowest BCUT2D eigenvalue weighted by Gasteiger charge is -2.25. The molecular weight excluding hydrogens is 368 g/mol. The molecule has 152 valence electrons. The van der Waals surface area contributed by atoms with Crippen molar-refractivity contribution in [3.8, 4) is 6.07 Å². The third-order valence-corrected chi connectivity index (χ3v) is 5.96. The first kappa shape index (κ1) is 20.2.